The summed E-state index contributed by atoms with van der Waals surface area (Å²) in [7, 11) is 0. The van der Waals surface area contributed by atoms with Gasteiger partial charge >= 0.3 is 0 Å². The van der Waals surface area contributed by atoms with Gasteiger partial charge in [-0.1, -0.05) is 101 Å². The molecule has 0 heterocycles. The Morgan fingerprint density at radius 1 is 0.396 bits per heavy atom. The third-order valence-electron chi connectivity index (χ3n) is 15.3. The van der Waals surface area contributed by atoms with Crippen molar-refractivity contribution in [2.24, 2.45) is 35.5 Å². The third-order valence-corrected chi connectivity index (χ3v) is 15.3. The molecule has 8 saturated carbocycles. The molecule has 0 amide bonds. The molecule has 0 radical (unpaired) electrons. The van der Waals surface area contributed by atoms with Crippen LogP contribution in [0.15, 0.2) is 47.1 Å². The maximum absolute atomic E-state index is 3.20. The first-order valence-electron chi connectivity index (χ1n) is 21.8. The van der Waals surface area contributed by atoms with Crippen molar-refractivity contribution in [2.45, 2.75) is 206 Å². The van der Waals surface area contributed by atoms with Gasteiger partial charge in [0.2, 0.25) is 0 Å². The maximum atomic E-state index is 3.20. The molecule has 48 heavy (non-hydrogen) atoms. The van der Waals surface area contributed by atoms with E-state index < -0.39 is 0 Å². The Bertz CT molecular complexity index is 1020. The van der Waals surface area contributed by atoms with Gasteiger partial charge in [-0.15, -0.1) is 0 Å². The van der Waals surface area contributed by atoms with Gasteiger partial charge in [0.1, 0.15) is 0 Å². The van der Waals surface area contributed by atoms with Crippen molar-refractivity contribution in [3.63, 3.8) is 0 Å². The summed E-state index contributed by atoms with van der Waals surface area (Å²) in [6, 6.07) is 0. The lowest BCUT2D eigenvalue weighted by molar-refractivity contribution is -0.127. The van der Waals surface area contributed by atoms with E-state index in [-0.39, 0.29) is 11.1 Å². The quantitative estimate of drug-likeness (QED) is 0.231. The molecule has 2 heteroatoms. The van der Waals surface area contributed by atoms with Crippen LogP contribution in [-0.4, -0.2) is 20.9 Å². The molecule has 8 aliphatic carbocycles. The number of allylic oxidation sites excluding steroid dienone is 8. The molecule has 0 aromatic rings. The lowest BCUT2D eigenvalue weighted by atomic mass is 9.48. The Morgan fingerprint density at radius 3 is 0.875 bits per heavy atom. The molecule has 0 atom stereocenters. The minimum atomic E-state index is 0.276. The summed E-state index contributed by atoms with van der Waals surface area (Å²) in [6.45, 7) is 9.71. The summed E-state index contributed by atoms with van der Waals surface area (Å²) in [5, 5.41) is 0. The summed E-state index contributed by atoms with van der Waals surface area (Å²) in [5.74, 6) is 4.76. The van der Waals surface area contributed by atoms with E-state index in [0.29, 0.717) is 0 Å². The van der Waals surface area contributed by atoms with E-state index in [1.54, 1.807) is 22.8 Å². The Balaban J connectivity index is 1.34. The highest BCUT2D eigenvalue weighted by Crippen LogP contribution is 2.65. The molecule has 0 aromatic heterocycles. The average molecular weight is 655 g/mol. The largest absolute Gasteiger partial charge is 0.343 e. The summed E-state index contributed by atoms with van der Waals surface area (Å²) in [4.78, 5) is 6.41. The fourth-order valence-corrected chi connectivity index (χ4v) is 13.9. The molecule has 2 nitrogen and oxygen atoms in total. The van der Waals surface area contributed by atoms with Crippen molar-refractivity contribution in [2.75, 3.05) is 0 Å². The molecule has 8 rings (SSSR count). The normalized spacial score (nSPS) is 35.3. The molecule has 0 spiro atoms. The Kier molecular flexibility index (Phi) is 11.2. The van der Waals surface area contributed by atoms with Crippen molar-refractivity contribution in [1.29, 1.82) is 0 Å². The predicted octanol–water partition coefficient (Wildman–Crippen LogP) is 13.6. The highest BCUT2D eigenvalue weighted by Gasteiger charge is 2.63. The molecule has 8 fully saturated rings. The molecular formula is C46H74N2. The molecular weight excluding hydrogens is 581 g/mol. The van der Waals surface area contributed by atoms with Crippen LogP contribution in [0.3, 0.4) is 0 Å². The standard InChI is InChI=1S/C46H74N2/c1-5-41(37-21-13-9-14-22-37)47(42(6-2)38-23-15-10-16-24-38)45-30-35-29-36(31-45)33-46(32-35,34-45)48(43(7-3)39-25-17-11-18-26-39)44(8-4)40-27-19-12-20-28-40/h5-8,35-40H,9-34H2,1-4H3/b41-5+,42-6?,43-7+,44-8?. The second-order valence-corrected chi connectivity index (χ2v) is 18.3. The van der Waals surface area contributed by atoms with Crippen LogP contribution in [0.5, 0.6) is 0 Å². The van der Waals surface area contributed by atoms with E-state index in [0.717, 1.165) is 35.5 Å². The first-order valence-corrected chi connectivity index (χ1v) is 21.8. The van der Waals surface area contributed by atoms with E-state index in [1.807, 2.05) is 0 Å². The summed E-state index contributed by atoms with van der Waals surface area (Å²) in [5.41, 5.74) is 7.58. The zero-order chi connectivity index (χ0) is 33.1. The van der Waals surface area contributed by atoms with Crippen LogP contribution in [0.25, 0.3) is 0 Å². The van der Waals surface area contributed by atoms with Crippen LogP contribution in [0.2, 0.25) is 0 Å². The molecule has 4 bridgehead atoms. The van der Waals surface area contributed by atoms with E-state index >= 15 is 0 Å². The van der Waals surface area contributed by atoms with Gasteiger partial charge < -0.3 is 9.80 Å². The first-order chi connectivity index (χ1) is 23.5. The van der Waals surface area contributed by atoms with E-state index in [9.17, 15) is 0 Å². The van der Waals surface area contributed by atoms with Crippen molar-refractivity contribution in [3.8, 4) is 0 Å². The second-order valence-electron chi connectivity index (χ2n) is 18.3. The van der Waals surface area contributed by atoms with Gasteiger partial charge in [-0.2, -0.15) is 0 Å². The Labute approximate surface area is 297 Å². The Hall–Kier alpha value is -1.44. The smallest absolute Gasteiger partial charge is 0.0472 e. The minimum absolute atomic E-state index is 0.276. The summed E-state index contributed by atoms with van der Waals surface area (Å²) >= 11 is 0. The fraction of sp³-hybridized carbons (Fsp3) is 0.826. The van der Waals surface area contributed by atoms with Gasteiger partial charge in [0.15, 0.2) is 0 Å². The second kappa shape index (κ2) is 15.4. The van der Waals surface area contributed by atoms with Crippen LogP contribution in [0.4, 0.5) is 0 Å². The van der Waals surface area contributed by atoms with Gasteiger partial charge in [-0.3, -0.25) is 0 Å². The molecule has 8 aliphatic rings. The molecule has 0 aromatic carbocycles. The van der Waals surface area contributed by atoms with E-state index in [1.165, 1.54) is 167 Å². The topological polar surface area (TPSA) is 6.48 Å². The average Bonchev–Trinajstić information content (AvgIpc) is 3.13. The van der Waals surface area contributed by atoms with Crippen molar-refractivity contribution >= 4 is 0 Å². The first kappa shape index (κ1) is 35.0. The van der Waals surface area contributed by atoms with Gasteiger partial charge in [-0.05, 0) is 153 Å². The van der Waals surface area contributed by atoms with Gasteiger partial charge in [0.05, 0.1) is 0 Å². The minimum Gasteiger partial charge on any atom is -0.343 e. The van der Waals surface area contributed by atoms with E-state index in [4.69, 9.17) is 0 Å². The number of hydrogen-bond donors (Lipinski definition) is 0. The van der Waals surface area contributed by atoms with Crippen molar-refractivity contribution in [3.05, 3.63) is 47.1 Å². The Morgan fingerprint density at radius 2 is 0.646 bits per heavy atom. The van der Waals surface area contributed by atoms with Crippen LogP contribution in [0.1, 0.15) is 195 Å². The zero-order valence-corrected chi connectivity index (χ0v) is 32.1. The van der Waals surface area contributed by atoms with Crippen molar-refractivity contribution < 1.29 is 0 Å². The fourth-order valence-electron chi connectivity index (χ4n) is 13.9. The SMILES string of the molecule is CC=C(C1CCCCC1)N(/C(=C/C)C1CCCCC1)C12CC3CC(C1)CC(N(C(=CC)C1CCCCC1)/C(=C/C)C1CCCCC1)(C3)C2. The highest BCUT2D eigenvalue weighted by atomic mass is 15.3. The van der Waals surface area contributed by atoms with Crippen LogP contribution in [-0.2, 0) is 0 Å². The van der Waals surface area contributed by atoms with Gasteiger partial charge in [0.25, 0.3) is 0 Å². The van der Waals surface area contributed by atoms with E-state index in [2.05, 4.69) is 61.8 Å². The predicted molar refractivity (Wildman–Crippen MR) is 205 cm³/mol. The molecule has 0 N–H and O–H groups in total. The maximum Gasteiger partial charge on any atom is 0.0472 e. The monoisotopic (exact) mass is 655 g/mol. The zero-order valence-electron chi connectivity index (χ0n) is 32.1. The number of nitrogens with zero attached hydrogens (tertiary/aromatic N) is 2. The van der Waals surface area contributed by atoms with Crippen LogP contribution in [0, 0.1) is 35.5 Å². The molecule has 0 saturated heterocycles. The van der Waals surface area contributed by atoms with Gasteiger partial charge in [0, 0.05) is 33.9 Å². The highest BCUT2D eigenvalue weighted by molar-refractivity contribution is 5.32. The lowest BCUT2D eigenvalue weighted by Gasteiger charge is -2.69. The number of rotatable bonds is 10. The summed E-state index contributed by atoms with van der Waals surface area (Å²) in [6.07, 6.45) is 47.7. The molecule has 268 valence electrons. The number of hydrogen-bond acceptors (Lipinski definition) is 2. The molecule has 0 unspecified atom stereocenters. The lowest BCUT2D eigenvalue weighted by Crippen LogP contribution is -2.69. The molecule has 0 aliphatic heterocycles. The third kappa shape index (κ3) is 6.67. The van der Waals surface area contributed by atoms with Crippen molar-refractivity contribution in [1.82, 2.24) is 9.80 Å². The van der Waals surface area contributed by atoms with Crippen LogP contribution >= 0.6 is 0 Å². The van der Waals surface area contributed by atoms with Crippen LogP contribution < -0.4 is 0 Å². The van der Waals surface area contributed by atoms with Gasteiger partial charge in [-0.25, -0.2) is 0 Å². The summed E-state index contributed by atoms with van der Waals surface area (Å²) < 4.78 is 0.